The minimum Gasteiger partial charge on any atom is -0.497 e. The van der Waals surface area contributed by atoms with Gasteiger partial charge in [0.05, 0.1) is 13.7 Å². The number of ether oxygens (including phenoxy) is 2. The molecule has 41 heavy (non-hydrogen) atoms. The van der Waals surface area contributed by atoms with E-state index in [0.29, 0.717) is 24.7 Å². The molecule has 7 nitrogen and oxygen atoms in total. The van der Waals surface area contributed by atoms with Crippen molar-refractivity contribution in [3.8, 4) is 11.5 Å². The highest BCUT2D eigenvalue weighted by Gasteiger charge is 2.29. The number of rotatable bonds is 11. The summed E-state index contributed by atoms with van der Waals surface area (Å²) in [7, 11) is 1.65. The third-order valence-electron chi connectivity index (χ3n) is 6.88. The highest BCUT2D eigenvalue weighted by molar-refractivity contribution is 5.89. The molecule has 0 bridgehead atoms. The van der Waals surface area contributed by atoms with Crippen molar-refractivity contribution < 1.29 is 38.1 Å². The van der Waals surface area contributed by atoms with Gasteiger partial charge in [-0.1, -0.05) is 24.3 Å². The molecule has 9 heteroatoms. The normalized spacial score (nSPS) is 14.0. The van der Waals surface area contributed by atoms with Gasteiger partial charge >= 0.3 is 11.9 Å². The van der Waals surface area contributed by atoms with Crippen LogP contribution in [-0.2, 0) is 9.59 Å². The Morgan fingerprint density at radius 1 is 0.829 bits per heavy atom. The number of methoxy groups -OCH3 is 1. The lowest BCUT2D eigenvalue weighted by molar-refractivity contribution is -0.134. The number of aliphatic carboxylic acids is 2. The molecule has 0 aromatic heterocycles. The average molecular weight is 568 g/mol. The molecule has 1 aliphatic heterocycles. The molecule has 2 N–H and O–H groups in total. The molecule has 3 aromatic rings. The van der Waals surface area contributed by atoms with Gasteiger partial charge in [-0.2, -0.15) is 0 Å². The number of carboxylic acids is 2. The molecule has 1 saturated heterocycles. The van der Waals surface area contributed by atoms with Crippen LogP contribution in [0.1, 0.15) is 36.3 Å². The fourth-order valence-electron chi connectivity index (χ4n) is 4.88. The molecule has 3 aromatic carbocycles. The number of carbonyl (C=O) groups is 2. The molecule has 0 radical (unpaired) electrons. The Morgan fingerprint density at radius 3 is 1.73 bits per heavy atom. The van der Waals surface area contributed by atoms with Gasteiger partial charge in [0.15, 0.2) is 0 Å². The van der Waals surface area contributed by atoms with Crippen LogP contribution in [0.3, 0.4) is 0 Å². The third kappa shape index (κ3) is 10.7. The first-order chi connectivity index (χ1) is 19.7. The molecule has 0 saturated carbocycles. The zero-order valence-corrected chi connectivity index (χ0v) is 22.9. The second-order valence-electron chi connectivity index (χ2n) is 9.65. The largest absolute Gasteiger partial charge is 0.497 e. The van der Waals surface area contributed by atoms with Gasteiger partial charge in [0.2, 0.25) is 0 Å². The Balaban J connectivity index is 0.000000507. The average Bonchev–Trinajstić information content (AvgIpc) is 2.98. The quantitative estimate of drug-likeness (QED) is 0.217. The van der Waals surface area contributed by atoms with Gasteiger partial charge in [0.25, 0.3) is 0 Å². The molecule has 0 spiro atoms. The Morgan fingerprint density at radius 2 is 1.29 bits per heavy atom. The van der Waals surface area contributed by atoms with Crippen molar-refractivity contribution in [2.45, 2.75) is 25.2 Å². The molecular weight excluding hydrogens is 532 g/mol. The maximum Gasteiger partial charge on any atom is 0.328 e. The number of piperidine rings is 1. The minimum absolute atomic E-state index is 0.145. The Labute approximate surface area is 238 Å². The summed E-state index contributed by atoms with van der Waals surface area (Å²) < 4.78 is 38.1. The van der Waals surface area contributed by atoms with Crippen LogP contribution in [0.25, 0.3) is 0 Å². The van der Waals surface area contributed by atoms with Crippen LogP contribution >= 0.6 is 0 Å². The zero-order valence-electron chi connectivity index (χ0n) is 22.9. The number of nitrogens with zero attached hydrogens (tertiary/aromatic N) is 1. The number of carboxylic acid groups (broad SMARTS) is 2. The number of benzene rings is 3. The Kier molecular flexibility index (Phi) is 12.3. The lowest BCUT2D eigenvalue weighted by Gasteiger charge is -2.36. The molecule has 0 atom stereocenters. The van der Waals surface area contributed by atoms with Gasteiger partial charge in [0.1, 0.15) is 23.1 Å². The van der Waals surface area contributed by atoms with E-state index in [-0.39, 0.29) is 17.6 Å². The van der Waals surface area contributed by atoms with E-state index < -0.39 is 11.9 Å². The standard InChI is InChI=1S/C28H31F2NO2.C4H4O4/c1-32-26-11-13-27(14-12-26)33-20-2-17-31-18-15-23(16-19-31)28(21-3-7-24(29)8-4-21)22-5-9-25(30)10-6-22;5-3(6)1-2-4(7)8/h3-14,23,28H,2,15-20H2,1H3;1-2H,(H,5,6)(H,7,8). The van der Waals surface area contributed by atoms with Gasteiger partial charge in [-0.25, -0.2) is 18.4 Å². The van der Waals surface area contributed by atoms with E-state index in [9.17, 15) is 18.4 Å². The molecule has 1 heterocycles. The molecule has 1 aliphatic rings. The molecule has 0 unspecified atom stereocenters. The highest BCUT2D eigenvalue weighted by atomic mass is 19.1. The number of hydrogen-bond donors (Lipinski definition) is 2. The Hall–Kier alpha value is -4.24. The van der Waals surface area contributed by atoms with Crippen molar-refractivity contribution in [1.29, 1.82) is 0 Å². The van der Waals surface area contributed by atoms with Gasteiger partial charge in [-0.15, -0.1) is 0 Å². The molecule has 218 valence electrons. The van der Waals surface area contributed by atoms with E-state index in [4.69, 9.17) is 19.7 Å². The summed E-state index contributed by atoms with van der Waals surface area (Å²) in [5, 5.41) is 15.6. The second kappa shape index (κ2) is 16.1. The number of likely N-dealkylation sites (tertiary alicyclic amines) is 1. The summed E-state index contributed by atoms with van der Waals surface area (Å²) in [5.41, 5.74) is 2.18. The first-order valence-electron chi connectivity index (χ1n) is 13.4. The van der Waals surface area contributed by atoms with E-state index >= 15 is 0 Å². The van der Waals surface area contributed by atoms with E-state index in [1.807, 2.05) is 48.5 Å². The summed E-state index contributed by atoms with van der Waals surface area (Å²) in [6, 6.07) is 21.2. The maximum absolute atomic E-state index is 13.5. The van der Waals surface area contributed by atoms with Crippen LogP contribution in [0, 0.1) is 17.6 Å². The summed E-state index contributed by atoms with van der Waals surface area (Å²) >= 11 is 0. The maximum atomic E-state index is 13.5. The lowest BCUT2D eigenvalue weighted by atomic mass is 9.76. The van der Waals surface area contributed by atoms with Crippen LogP contribution < -0.4 is 9.47 Å². The lowest BCUT2D eigenvalue weighted by Crippen LogP contribution is -2.36. The van der Waals surface area contributed by atoms with E-state index in [1.165, 1.54) is 24.3 Å². The summed E-state index contributed by atoms with van der Waals surface area (Å²) in [5.74, 6) is -0.716. The van der Waals surface area contributed by atoms with Crippen molar-refractivity contribution in [2.24, 2.45) is 5.92 Å². The predicted molar refractivity (Wildman–Crippen MR) is 151 cm³/mol. The topological polar surface area (TPSA) is 96.3 Å². The first kappa shape index (κ1) is 31.3. The van der Waals surface area contributed by atoms with Crippen molar-refractivity contribution in [1.82, 2.24) is 4.90 Å². The van der Waals surface area contributed by atoms with Gasteiger partial charge in [0, 0.05) is 24.6 Å². The van der Waals surface area contributed by atoms with Crippen LogP contribution in [0.4, 0.5) is 8.78 Å². The third-order valence-corrected chi connectivity index (χ3v) is 6.88. The van der Waals surface area contributed by atoms with Gasteiger partial charge in [-0.3, -0.25) is 0 Å². The zero-order chi connectivity index (χ0) is 29.6. The van der Waals surface area contributed by atoms with Crippen LogP contribution in [0.15, 0.2) is 84.9 Å². The molecule has 0 amide bonds. The van der Waals surface area contributed by atoms with Crippen molar-refractivity contribution in [3.05, 3.63) is 108 Å². The molecule has 0 aliphatic carbocycles. The minimum atomic E-state index is -1.26. The fourth-order valence-corrected chi connectivity index (χ4v) is 4.88. The highest BCUT2D eigenvalue weighted by Crippen LogP contribution is 2.38. The second-order valence-corrected chi connectivity index (χ2v) is 9.65. The van der Waals surface area contributed by atoms with Gasteiger partial charge in [-0.05, 0) is 97.9 Å². The van der Waals surface area contributed by atoms with E-state index in [1.54, 1.807) is 7.11 Å². The molecule has 4 rings (SSSR count). The SMILES string of the molecule is COc1ccc(OCCCN2CCC(C(c3ccc(F)cc3)c3ccc(F)cc3)CC2)cc1.O=C(O)C=CC(=O)O. The summed E-state index contributed by atoms with van der Waals surface area (Å²) in [6.07, 6.45) is 4.19. The van der Waals surface area contributed by atoms with E-state index in [2.05, 4.69) is 4.90 Å². The summed E-state index contributed by atoms with van der Waals surface area (Å²) in [4.78, 5) is 21.6. The van der Waals surface area contributed by atoms with E-state index in [0.717, 1.165) is 61.5 Å². The molecule has 1 fully saturated rings. The number of halogens is 2. The van der Waals surface area contributed by atoms with Crippen molar-refractivity contribution in [3.63, 3.8) is 0 Å². The van der Waals surface area contributed by atoms with Crippen molar-refractivity contribution >= 4 is 11.9 Å². The fraction of sp³-hybridized carbons (Fsp3) is 0.312. The monoisotopic (exact) mass is 567 g/mol. The van der Waals surface area contributed by atoms with Crippen LogP contribution in [-0.4, -0.2) is 60.4 Å². The van der Waals surface area contributed by atoms with Crippen LogP contribution in [0.5, 0.6) is 11.5 Å². The number of hydrogen-bond acceptors (Lipinski definition) is 5. The van der Waals surface area contributed by atoms with Crippen LogP contribution in [0.2, 0.25) is 0 Å². The molecular formula is C32H35F2NO6. The Bertz CT molecular complexity index is 1190. The van der Waals surface area contributed by atoms with Crippen molar-refractivity contribution in [2.75, 3.05) is 33.4 Å². The smallest absolute Gasteiger partial charge is 0.328 e. The summed E-state index contributed by atoms with van der Waals surface area (Å²) in [6.45, 7) is 3.72. The predicted octanol–water partition coefficient (Wildman–Crippen LogP) is 6.00. The first-order valence-corrected chi connectivity index (χ1v) is 13.4. The van der Waals surface area contributed by atoms with Gasteiger partial charge < -0.3 is 24.6 Å².